The average Bonchev–Trinajstić information content (AvgIpc) is 2.97. The lowest BCUT2D eigenvalue weighted by molar-refractivity contribution is -0.124. The summed E-state index contributed by atoms with van der Waals surface area (Å²) in [6.07, 6.45) is 5.23. The Bertz CT molecular complexity index is 779. The van der Waals surface area contributed by atoms with Gasteiger partial charge in [-0.1, -0.05) is 20.3 Å². The van der Waals surface area contributed by atoms with Crippen molar-refractivity contribution >= 4 is 22.8 Å². The molecule has 0 spiro atoms. The van der Waals surface area contributed by atoms with E-state index in [1.807, 2.05) is 12.1 Å². The van der Waals surface area contributed by atoms with Crippen LogP contribution in [0.15, 0.2) is 18.2 Å². The second-order valence-electron chi connectivity index (χ2n) is 6.97. The molecular weight excluding hydrogens is 316 g/mol. The summed E-state index contributed by atoms with van der Waals surface area (Å²) in [5, 5.41) is 3.84. The molecule has 1 heterocycles. The topological polar surface area (TPSA) is 71.2 Å². The Kier molecular flexibility index (Phi) is 5.41. The summed E-state index contributed by atoms with van der Waals surface area (Å²) in [5.41, 5.74) is 4.16. The first-order chi connectivity index (χ1) is 12.1. The molecular formula is C20H26N2O3. The molecule has 2 N–H and O–H groups in total. The van der Waals surface area contributed by atoms with Gasteiger partial charge in [-0.15, -0.1) is 0 Å². The molecule has 0 bridgehead atoms. The first-order valence-electron chi connectivity index (χ1n) is 9.15. The lowest BCUT2D eigenvalue weighted by Crippen LogP contribution is -2.29. The molecule has 0 fully saturated rings. The third-order valence-corrected chi connectivity index (χ3v) is 4.86. The van der Waals surface area contributed by atoms with E-state index in [1.165, 1.54) is 17.7 Å². The van der Waals surface area contributed by atoms with Gasteiger partial charge in [0.25, 0.3) is 5.91 Å². The Morgan fingerprint density at radius 3 is 3.00 bits per heavy atom. The molecule has 0 aliphatic heterocycles. The number of aromatic nitrogens is 1. The Morgan fingerprint density at radius 1 is 1.36 bits per heavy atom. The van der Waals surface area contributed by atoms with Gasteiger partial charge in [-0.25, -0.2) is 4.79 Å². The highest BCUT2D eigenvalue weighted by atomic mass is 16.5. The van der Waals surface area contributed by atoms with E-state index in [1.54, 1.807) is 6.07 Å². The quantitative estimate of drug-likeness (QED) is 0.624. The zero-order valence-corrected chi connectivity index (χ0v) is 15.0. The number of hydrogen-bond acceptors (Lipinski definition) is 3. The van der Waals surface area contributed by atoms with E-state index in [2.05, 4.69) is 24.1 Å². The van der Waals surface area contributed by atoms with Crippen LogP contribution >= 0.6 is 0 Å². The van der Waals surface area contributed by atoms with Crippen LogP contribution in [0.2, 0.25) is 0 Å². The van der Waals surface area contributed by atoms with Crippen LogP contribution in [-0.4, -0.2) is 30.0 Å². The van der Waals surface area contributed by atoms with Gasteiger partial charge in [-0.05, 0) is 55.4 Å². The third-order valence-electron chi connectivity index (χ3n) is 4.86. The summed E-state index contributed by atoms with van der Waals surface area (Å²) in [7, 11) is 0. The number of unbranched alkanes of at least 4 members (excludes halogenated alkanes) is 1. The highest BCUT2D eigenvalue weighted by molar-refractivity contribution is 5.97. The fraction of sp³-hybridized carbons (Fsp3) is 0.500. The highest BCUT2D eigenvalue weighted by Gasteiger charge is 2.21. The molecule has 134 valence electrons. The van der Waals surface area contributed by atoms with E-state index in [4.69, 9.17) is 4.74 Å². The second-order valence-corrected chi connectivity index (χ2v) is 6.97. The maximum absolute atomic E-state index is 12.3. The molecule has 0 saturated carbocycles. The van der Waals surface area contributed by atoms with Crippen molar-refractivity contribution in [2.75, 3.05) is 13.2 Å². The average molecular weight is 342 g/mol. The summed E-state index contributed by atoms with van der Waals surface area (Å²) in [6, 6.07) is 5.57. The molecule has 5 nitrogen and oxygen atoms in total. The summed E-state index contributed by atoms with van der Waals surface area (Å²) in [5.74, 6) is -0.0454. The number of H-pyrrole nitrogens is 1. The molecule has 1 aliphatic rings. The van der Waals surface area contributed by atoms with Gasteiger partial charge in [0.1, 0.15) is 0 Å². The molecule has 0 saturated heterocycles. The fourth-order valence-electron chi connectivity index (χ4n) is 3.39. The number of benzene rings is 1. The number of fused-ring (bicyclic) bond motifs is 3. The predicted molar refractivity (Wildman–Crippen MR) is 97.7 cm³/mol. The van der Waals surface area contributed by atoms with Crippen LogP contribution < -0.4 is 5.32 Å². The number of esters is 1. The van der Waals surface area contributed by atoms with E-state index in [0.717, 1.165) is 36.6 Å². The lowest BCUT2D eigenvalue weighted by Gasteiger charge is -2.18. The van der Waals surface area contributed by atoms with Crippen LogP contribution in [0.1, 0.15) is 54.7 Å². The monoisotopic (exact) mass is 342 g/mol. The smallest absolute Gasteiger partial charge is 0.338 e. The SMILES string of the molecule is CCCCNC(=O)COC(=O)c1ccc2[nH]c3c(c2c1)C[C@H](C)CC3. The van der Waals surface area contributed by atoms with Gasteiger partial charge in [-0.3, -0.25) is 4.79 Å². The van der Waals surface area contributed by atoms with E-state index in [-0.39, 0.29) is 12.5 Å². The van der Waals surface area contributed by atoms with Gasteiger partial charge in [0.2, 0.25) is 0 Å². The molecule has 3 rings (SSSR count). The predicted octanol–water partition coefficient (Wildman–Crippen LogP) is 3.37. The largest absolute Gasteiger partial charge is 0.452 e. The molecule has 1 aromatic carbocycles. The first-order valence-corrected chi connectivity index (χ1v) is 9.15. The number of hydrogen-bond donors (Lipinski definition) is 2. The van der Waals surface area contributed by atoms with Gasteiger partial charge in [0.15, 0.2) is 6.61 Å². The Morgan fingerprint density at radius 2 is 2.20 bits per heavy atom. The van der Waals surface area contributed by atoms with Crippen LogP contribution in [0, 0.1) is 5.92 Å². The van der Waals surface area contributed by atoms with E-state index < -0.39 is 5.97 Å². The minimum atomic E-state index is -0.452. The minimum Gasteiger partial charge on any atom is -0.452 e. The molecule has 1 atom stereocenters. The molecule has 25 heavy (non-hydrogen) atoms. The molecule has 5 heteroatoms. The summed E-state index contributed by atoms with van der Waals surface area (Å²) in [6.45, 7) is 4.70. The molecule has 2 aromatic rings. The molecule has 0 radical (unpaired) electrons. The number of carbonyl (C=O) groups is 2. The lowest BCUT2D eigenvalue weighted by atomic mass is 9.87. The molecule has 1 aromatic heterocycles. The number of carbonyl (C=O) groups excluding carboxylic acids is 2. The van der Waals surface area contributed by atoms with Gasteiger partial charge in [0.05, 0.1) is 5.56 Å². The minimum absolute atomic E-state index is 0.233. The van der Waals surface area contributed by atoms with Crippen LogP contribution in [0.4, 0.5) is 0 Å². The van der Waals surface area contributed by atoms with E-state index in [9.17, 15) is 9.59 Å². The van der Waals surface area contributed by atoms with Crippen molar-refractivity contribution in [2.24, 2.45) is 5.92 Å². The van der Waals surface area contributed by atoms with Crippen molar-refractivity contribution < 1.29 is 14.3 Å². The van der Waals surface area contributed by atoms with Crippen LogP contribution in [-0.2, 0) is 22.4 Å². The van der Waals surface area contributed by atoms with Crippen LogP contribution in [0.25, 0.3) is 10.9 Å². The summed E-state index contributed by atoms with van der Waals surface area (Å²) in [4.78, 5) is 27.4. The Labute approximate surface area is 148 Å². The zero-order valence-electron chi connectivity index (χ0n) is 15.0. The van der Waals surface area contributed by atoms with E-state index in [0.29, 0.717) is 18.0 Å². The number of amides is 1. The van der Waals surface area contributed by atoms with Gasteiger partial charge in [0, 0.05) is 23.1 Å². The van der Waals surface area contributed by atoms with E-state index >= 15 is 0 Å². The van der Waals surface area contributed by atoms with Crippen molar-refractivity contribution in [3.8, 4) is 0 Å². The molecule has 1 amide bonds. The maximum Gasteiger partial charge on any atom is 0.338 e. The number of nitrogens with one attached hydrogen (secondary N) is 2. The van der Waals surface area contributed by atoms with Crippen molar-refractivity contribution in [1.82, 2.24) is 10.3 Å². The number of aromatic amines is 1. The second kappa shape index (κ2) is 7.72. The van der Waals surface area contributed by atoms with Crippen LogP contribution in [0.3, 0.4) is 0 Å². The third kappa shape index (κ3) is 4.03. The fourth-order valence-corrected chi connectivity index (χ4v) is 3.39. The Balaban J connectivity index is 1.68. The van der Waals surface area contributed by atoms with Crippen LogP contribution in [0.5, 0.6) is 0 Å². The van der Waals surface area contributed by atoms with Gasteiger partial charge >= 0.3 is 5.97 Å². The van der Waals surface area contributed by atoms with Gasteiger partial charge in [-0.2, -0.15) is 0 Å². The normalized spacial score (nSPS) is 16.5. The van der Waals surface area contributed by atoms with Crippen molar-refractivity contribution in [1.29, 1.82) is 0 Å². The number of ether oxygens (including phenoxy) is 1. The van der Waals surface area contributed by atoms with Crippen molar-refractivity contribution in [2.45, 2.75) is 46.0 Å². The highest BCUT2D eigenvalue weighted by Crippen LogP contribution is 2.32. The summed E-state index contributed by atoms with van der Waals surface area (Å²) < 4.78 is 5.15. The Hall–Kier alpha value is -2.30. The number of rotatable bonds is 6. The standard InChI is InChI=1S/C20H26N2O3/c1-3-4-9-21-19(23)12-25-20(24)14-6-8-18-16(11-14)15-10-13(2)5-7-17(15)22-18/h6,8,11,13,22H,3-5,7,9-10,12H2,1-2H3,(H,21,23)/t13-/m1/s1. The first kappa shape index (κ1) is 17.5. The summed E-state index contributed by atoms with van der Waals surface area (Å²) >= 11 is 0. The molecule has 0 unspecified atom stereocenters. The number of aryl methyl sites for hydroxylation is 1. The van der Waals surface area contributed by atoms with Crippen molar-refractivity contribution in [3.05, 3.63) is 35.0 Å². The van der Waals surface area contributed by atoms with Crippen molar-refractivity contribution in [3.63, 3.8) is 0 Å². The zero-order chi connectivity index (χ0) is 17.8. The molecule has 1 aliphatic carbocycles. The van der Waals surface area contributed by atoms with Gasteiger partial charge < -0.3 is 15.0 Å². The maximum atomic E-state index is 12.3.